The topological polar surface area (TPSA) is 41.9 Å². The van der Waals surface area contributed by atoms with Gasteiger partial charge in [-0.15, -0.1) is 0 Å². The molecule has 0 N–H and O–H groups in total. The maximum atomic E-state index is 12.8. The Hall–Kier alpha value is -3.40. The summed E-state index contributed by atoms with van der Waals surface area (Å²) in [5, 5.41) is 0. The van der Waals surface area contributed by atoms with Crippen molar-refractivity contribution < 1.29 is 9.53 Å². The van der Waals surface area contributed by atoms with Gasteiger partial charge >= 0.3 is 0 Å². The first-order chi connectivity index (χ1) is 14.2. The Morgan fingerprint density at radius 1 is 0.931 bits per heavy atom. The molecule has 4 nitrogen and oxygen atoms in total. The Labute approximate surface area is 171 Å². The van der Waals surface area contributed by atoms with Crippen molar-refractivity contribution in [2.75, 3.05) is 6.61 Å². The molecule has 146 valence electrons. The van der Waals surface area contributed by atoms with Gasteiger partial charge in [-0.3, -0.25) is 4.79 Å². The normalized spacial score (nSPS) is 13.3. The van der Waals surface area contributed by atoms with Crippen molar-refractivity contribution in [1.82, 2.24) is 4.90 Å². The molecule has 3 aromatic carbocycles. The lowest BCUT2D eigenvalue weighted by molar-refractivity contribution is 0.0993. The number of carbonyl (C=O) groups is 1. The van der Waals surface area contributed by atoms with Crippen LogP contribution < -0.4 is 0 Å². The van der Waals surface area contributed by atoms with E-state index in [9.17, 15) is 4.79 Å². The van der Waals surface area contributed by atoms with Crippen LogP contribution in [0, 0.1) is 6.92 Å². The molecule has 0 aliphatic carbocycles. The highest BCUT2D eigenvalue weighted by Gasteiger charge is 2.23. The SMILES string of the molecule is CCO/C(=N\C(=O)c1cccc(C)c1)N1Cc2ccccc2-c2ccccc2C1. The molecule has 1 heterocycles. The van der Waals surface area contributed by atoms with Crippen LogP contribution in [0.4, 0.5) is 0 Å². The average molecular weight is 384 g/mol. The van der Waals surface area contributed by atoms with Crippen LogP contribution in [0.2, 0.25) is 0 Å². The van der Waals surface area contributed by atoms with Crippen LogP contribution in [0.5, 0.6) is 0 Å². The third kappa shape index (κ3) is 4.06. The fourth-order valence-corrected chi connectivity index (χ4v) is 3.70. The zero-order valence-corrected chi connectivity index (χ0v) is 16.8. The third-order valence-corrected chi connectivity index (χ3v) is 5.05. The zero-order valence-electron chi connectivity index (χ0n) is 16.8. The fourth-order valence-electron chi connectivity index (χ4n) is 3.70. The Morgan fingerprint density at radius 2 is 1.55 bits per heavy atom. The molecule has 0 bridgehead atoms. The Balaban J connectivity index is 1.74. The molecule has 0 aromatic heterocycles. The second-order valence-electron chi connectivity index (χ2n) is 7.17. The van der Waals surface area contributed by atoms with Gasteiger partial charge in [-0.2, -0.15) is 4.99 Å². The number of benzene rings is 3. The van der Waals surface area contributed by atoms with Crippen molar-refractivity contribution in [3.8, 4) is 11.1 Å². The maximum absolute atomic E-state index is 12.8. The van der Waals surface area contributed by atoms with Gasteiger partial charge in [0.25, 0.3) is 11.9 Å². The number of amidine groups is 1. The van der Waals surface area contributed by atoms with Gasteiger partial charge in [0.1, 0.15) is 0 Å². The van der Waals surface area contributed by atoms with Gasteiger partial charge in [0.2, 0.25) is 0 Å². The van der Waals surface area contributed by atoms with Gasteiger partial charge in [-0.1, -0.05) is 66.2 Å². The molecule has 0 unspecified atom stereocenters. The first kappa shape index (κ1) is 18.9. The summed E-state index contributed by atoms with van der Waals surface area (Å²) >= 11 is 0. The monoisotopic (exact) mass is 384 g/mol. The highest BCUT2D eigenvalue weighted by atomic mass is 16.5. The van der Waals surface area contributed by atoms with E-state index in [4.69, 9.17) is 4.74 Å². The number of amides is 1. The van der Waals surface area contributed by atoms with E-state index in [2.05, 4.69) is 41.4 Å². The summed E-state index contributed by atoms with van der Waals surface area (Å²) < 4.78 is 5.84. The largest absolute Gasteiger partial charge is 0.465 e. The minimum absolute atomic E-state index is 0.289. The van der Waals surface area contributed by atoms with Gasteiger partial charge in [-0.05, 0) is 48.2 Å². The van der Waals surface area contributed by atoms with Crippen molar-refractivity contribution in [3.63, 3.8) is 0 Å². The molecule has 3 aromatic rings. The number of nitrogens with zero attached hydrogens (tertiary/aromatic N) is 2. The number of rotatable bonds is 2. The second kappa shape index (κ2) is 8.31. The quantitative estimate of drug-likeness (QED) is 0.450. The lowest BCUT2D eigenvalue weighted by Gasteiger charge is -2.24. The summed E-state index contributed by atoms with van der Waals surface area (Å²) in [5.41, 5.74) is 6.40. The van der Waals surface area contributed by atoms with Crippen LogP contribution in [-0.2, 0) is 17.8 Å². The standard InChI is InChI=1S/C25H24N2O2/c1-3-29-25(26-24(28)19-12-8-9-18(2)15-19)27-16-20-10-4-6-13-22(20)23-14-7-5-11-21(23)17-27/h4-15H,3,16-17H2,1-2H3/b26-25-. The van der Waals surface area contributed by atoms with E-state index in [0.717, 1.165) is 5.56 Å². The second-order valence-corrected chi connectivity index (χ2v) is 7.17. The number of ether oxygens (including phenoxy) is 1. The predicted octanol–water partition coefficient (Wildman–Crippen LogP) is 5.21. The van der Waals surface area contributed by atoms with Gasteiger partial charge in [0.15, 0.2) is 0 Å². The number of hydrogen-bond acceptors (Lipinski definition) is 2. The summed E-state index contributed by atoms with van der Waals surface area (Å²) in [7, 11) is 0. The predicted molar refractivity (Wildman–Crippen MR) is 116 cm³/mol. The van der Waals surface area contributed by atoms with E-state index in [1.807, 2.05) is 49.1 Å². The molecule has 29 heavy (non-hydrogen) atoms. The molecule has 4 heteroatoms. The van der Waals surface area contributed by atoms with Crippen LogP contribution in [0.1, 0.15) is 34.0 Å². The van der Waals surface area contributed by atoms with Crippen LogP contribution in [0.15, 0.2) is 77.8 Å². The lowest BCUT2D eigenvalue weighted by Crippen LogP contribution is -2.32. The van der Waals surface area contributed by atoms with Crippen molar-refractivity contribution >= 4 is 11.9 Å². The smallest absolute Gasteiger partial charge is 0.296 e. The first-order valence-electron chi connectivity index (χ1n) is 9.89. The molecule has 1 aliphatic rings. The molecule has 0 atom stereocenters. The number of aliphatic imine (C=N–C) groups is 1. The highest BCUT2D eigenvalue weighted by molar-refractivity contribution is 6.01. The fraction of sp³-hybridized carbons (Fsp3) is 0.200. The number of hydrogen-bond donors (Lipinski definition) is 0. The molecule has 0 radical (unpaired) electrons. The molecule has 0 fully saturated rings. The molecule has 4 rings (SSSR count). The number of fused-ring (bicyclic) bond motifs is 3. The molecule has 1 amide bonds. The van der Waals surface area contributed by atoms with Crippen LogP contribution in [0.25, 0.3) is 11.1 Å². The molecular weight excluding hydrogens is 360 g/mol. The minimum Gasteiger partial charge on any atom is -0.465 e. The van der Waals surface area contributed by atoms with Gasteiger partial charge in [0, 0.05) is 18.7 Å². The van der Waals surface area contributed by atoms with Crippen molar-refractivity contribution in [3.05, 3.63) is 95.1 Å². The van der Waals surface area contributed by atoms with E-state index < -0.39 is 0 Å². The highest BCUT2D eigenvalue weighted by Crippen LogP contribution is 2.32. The number of carbonyl (C=O) groups excluding carboxylic acids is 1. The van der Waals surface area contributed by atoms with Crippen LogP contribution in [-0.4, -0.2) is 23.4 Å². The third-order valence-electron chi connectivity index (χ3n) is 5.05. The summed E-state index contributed by atoms with van der Waals surface area (Å²) in [6, 6.07) is 24.6. The summed E-state index contributed by atoms with van der Waals surface area (Å²) in [6.45, 7) is 5.58. The molecule has 0 saturated heterocycles. The minimum atomic E-state index is -0.289. The Bertz CT molecular complexity index is 1020. The van der Waals surface area contributed by atoms with E-state index in [-0.39, 0.29) is 5.91 Å². The summed E-state index contributed by atoms with van der Waals surface area (Å²) in [6.07, 6.45) is 0. The van der Waals surface area contributed by atoms with Gasteiger partial charge in [-0.25, -0.2) is 0 Å². The van der Waals surface area contributed by atoms with Crippen LogP contribution in [0.3, 0.4) is 0 Å². The lowest BCUT2D eigenvalue weighted by atomic mass is 9.97. The van der Waals surface area contributed by atoms with Crippen LogP contribution >= 0.6 is 0 Å². The summed E-state index contributed by atoms with van der Waals surface area (Å²) in [4.78, 5) is 19.2. The van der Waals surface area contributed by atoms with Crippen molar-refractivity contribution in [2.24, 2.45) is 4.99 Å². The Morgan fingerprint density at radius 3 is 2.14 bits per heavy atom. The number of aryl methyl sites for hydroxylation is 1. The van der Waals surface area contributed by atoms with Crippen molar-refractivity contribution in [2.45, 2.75) is 26.9 Å². The summed E-state index contributed by atoms with van der Waals surface area (Å²) in [5.74, 6) is -0.289. The average Bonchev–Trinajstić information content (AvgIpc) is 2.90. The van der Waals surface area contributed by atoms with E-state index in [0.29, 0.717) is 31.3 Å². The van der Waals surface area contributed by atoms with E-state index >= 15 is 0 Å². The molecular formula is C25H24N2O2. The molecule has 1 aliphatic heterocycles. The molecule has 0 saturated carbocycles. The van der Waals surface area contributed by atoms with E-state index in [1.54, 1.807) is 6.07 Å². The Kier molecular flexibility index (Phi) is 5.43. The first-order valence-corrected chi connectivity index (χ1v) is 9.89. The maximum Gasteiger partial charge on any atom is 0.296 e. The van der Waals surface area contributed by atoms with Crippen molar-refractivity contribution in [1.29, 1.82) is 0 Å². The van der Waals surface area contributed by atoms with E-state index in [1.165, 1.54) is 22.3 Å². The zero-order chi connectivity index (χ0) is 20.2. The van der Waals surface area contributed by atoms with Gasteiger partial charge < -0.3 is 9.64 Å². The molecule has 0 spiro atoms. The van der Waals surface area contributed by atoms with Gasteiger partial charge in [0.05, 0.1) is 6.61 Å².